The minimum Gasteiger partial charge on any atom is -0.338 e. The van der Waals surface area contributed by atoms with Gasteiger partial charge in [0.25, 0.3) is 0 Å². The molecule has 0 aliphatic carbocycles. The van der Waals surface area contributed by atoms with Gasteiger partial charge >= 0.3 is 0 Å². The molecule has 21 heavy (non-hydrogen) atoms. The number of hydrogen-bond acceptors (Lipinski definition) is 4. The van der Waals surface area contributed by atoms with Crippen molar-refractivity contribution >= 4 is 11.6 Å². The molecule has 0 radical (unpaired) electrons. The van der Waals surface area contributed by atoms with Crippen LogP contribution in [0.3, 0.4) is 0 Å². The quantitative estimate of drug-likeness (QED) is 0.917. The molecule has 5 nitrogen and oxygen atoms in total. The lowest BCUT2D eigenvalue weighted by Gasteiger charge is -2.29. The molecular weight excluding hydrogens is 262 g/mol. The number of nitrogens with one attached hydrogen (secondary N) is 1. The minimum absolute atomic E-state index is 0.568. The lowest BCUT2D eigenvalue weighted by Crippen LogP contribution is -2.44. The third-order valence-corrected chi connectivity index (χ3v) is 4.18. The zero-order chi connectivity index (χ0) is 14.7. The Labute approximate surface area is 126 Å². The zero-order valence-electron chi connectivity index (χ0n) is 13.0. The van der Waals surface area contributed by atoms with E-state index in [1.54, 1.807) is 0 Å². The second-order valence-corrected chi connectivity index (χ2v) is 5.96. The number of rotatable bonds is 5. The van der Waals surface area contributed by atoms with Crippen molar-refractivity contribution < 1.29 is 0 Å². The van der Waals surface area contributed by atoms with Gasteiger partial charge < -0.3 is 10.2 Å². The average molecular weight is 287 g/mol. The third kappa shape index (κ3) is 3.18. The summed E-state index contributed by atoms with van der Waals surface area (Å²) in [6, 6.07) is 4.67. The van der Waals surface area contributed by atoms with Crippen molar-refractivity contribution in [2.24, 2.45) is 0 Å². The minimum atomic E-state index is 0.568. The molecule has 1 aliphatic rings. The summed E-state index contributed by atoms with van der Waals surface area (Å²) < 4.78 is 1.89. The molecule has 1 fully saturated rings. The lowest BCUT2D eigenvalue weighted by molar-refractivity contribution is 0.397. The standard InChI is InChI=1S/C16H25N5/c1-3-10-20(12-14-8-4-5-9-17-14)16-18-15-13(2)7-6-11-21(15)19-16/h6-7,11,14,17H,3-5,8-10,12H2,1-2H3. The lowest BCUT2D eigenvalue weighted by atomic mass is 10.0. The smallest absolute Gasteiger partial charge is 0.245 e. The van der Waals surface area contributed by atoms with E-state index in [0.29, 0.717) is 6.04 Å². The Hall–Kier alpha value is -1.62. The van der Waals surface area contributed by atoms with E-state index in [1.807, 2.05) is 16.8 Å². The fourth-order valence-corrected chi connectivity index (χ4v) is 3.05. The first-order chi connectivity index (χ1) is 10.3. The fourth-order valence-electron chi connectivity index (χ4n) is 3.05. The summed E-state index contributed by atoms with van der Waals surface area (Å²) in [7, 11) is 0. The van der Waals surface area contributed by atoms with E-state index in [4.69, 9.17) is 4.98 Å². The maximum Gasteiger partial charge on any atom is 0.245 e. The zero-order valence-corrected chi connectivity index (χ0v) is 13.0. The van der Waals surface area contributed by atoms with Crippen molar-refractivity contribution in [1.29, 1.82) is 0 Å². The molecule has 1 N–H and O–H groups in total. The Morgan fingerprint density at radius 3 is 3.05 bits per heavy atom. The molecule has 0 spiro atoms. The summed E-state index contributed by atoms with van der Waals surface area (Å²) in [5, 5.41) is 8.28. The van der Waals surface area contributed by atoms with Crippen molar-refractivity contribution in [3.63, 3.8) is 0 Å². The number of nitrogens with zero attached hydrogens (tertiary/aromatic N) is 4. The monoisotopic (exact) mass is 287 g/mol. The largest absolute Gasteiger partial charge is 0.338 e. The molecular formula is C16H25N5. The van der Waals surface area contributed by atoms with Gasteiger partial charge in [0.15, 0.2) is 5.65 Å². The van der Waals surface area contributed by atoms with Crippen LogP contribution in [0.4, 0.5) is 5.95 Å². The van der Waals surface area contributed by atoms with Gasteiger partial charge in [-0.25, -0.2) is 4.52 Å². The highest BCUT2D eigenvalue weighted by molar-refractivity contribution is 5.50. The Bertz CT molecular complexity index is 585. The molecule has 1 saturated heterocycles. The van der Waals surface area contributed by atoms with Crippen molar-refractivity contribution in [3.8, 4) is 0 Å². The van der Waals surface area contributed by atoms with Crippen LogP contribution < -0.4 is 10.2 Å². The molecule has 1 unspecified atom stereocenters. The second kappa shape index (κ2) is 6.43. The summed E-state index contributed by atoms with van der Waals surface area (Å²) >= 11 is 0. The highest BCUT2D eigenvalue weighted by atomic mass is 15.4. The van der Waals surface area contributed by atoms with Crippen molar-refractivity contribution in [3.05, 3.63) is 23.9 Å². The molecule has 0 saturated carbocycles. The van der Waals surface area contributed by atoms with Crippen LogP contribution in [0.2, 0.25) is 0 Å². The summed E-state index contributed by atoms with van der Waals surface area (Å²) in [4.78, 5) is 7.08. The highest BCUT2D eigenvalue weighted by Gasteiger charge is 2.19. The van der Waals surface area contributed by atoms with Gasteiger partial charge in [0.2, 0.25) is 5.95 Å². The van der Waals surface area contributed by atoms with Crippen LogP contribution in [0.5, 0.6) is 0 Å². The van der Waals surface area contributed by atoms with Gasteiger partial charge in [-0.15, -0.1) is 5.10 Å². The summed E-state index contributed by atoms with van der Waals surface area (Å²) in [5.41, 5.74) is 2.13. The van der Waals surface area contributed by atoms with Crippen LogP contribution >= 0.6 is 0 Å². The number of hydrogen-bond donors (Lipinski definition) is 1. The average Bonchev–Trinajstić information content (AvgIpc) is 2.93. The highest BCUT2D eigenvalue weighted by Crippen LogP contribution is 2.16. The van der Waals surface area contributed by atoms with Crippen LogP contribution in [0, 0.1) is 6.92 Å². The molecule has 2 aromatic rings. The van der Waals surface area contributed by atoms with Crippen LogP contribution in [-0.4, -0.2) is 40.3 Å². The predicted molar refractivity (Wildman–Crippen MR) is 85.9 cm³/mol. The van der Waals surface area contributed by atoms with E-state index in [2.05, 4.69) is 35.2 Å². The first-order valence-corrected chi connectivity index (χ1v) is 8.08. The number of anilines is 1. The first-order valence-electron chi connectivity index (χ1n) is 8.08. The summed E-state index contributed by atoms with van der Waals surface area (Å²) in [5.74, 6) is 0.860. The normalized spacial score (nSPS) is 19.0. The molecule has 0 aromatic carbocycles. The van der Waals surface area contributed by atoms with Gasteiger partial charge in [0.1, 0.15) is 0 Å². The molecule has 2 aromatic heterocycles. The topological polar surface area (TPSA) is 45.5 Å². The Balaban J connectivity index is 1.82. The van der Waals surface area contributed by atoms with Crippen molar-refractivity contribution in [2.75, 3.05) is 24.5 Å². The molecule has 114 valence electrons. The van der Waals surface area contributed by atoms with E-state index in [9.17, 15) is 0 Å². The molecule has 0 amide bonds. The number of fused-ring (bicyclic) bond motifs is 1. The molecule has 1 atom stereocenters. The molecule has 1 aliphatic heterocycles. The summed E-state index contributed by atoms with van der Waals surface area (Å²) in [6.07, 6.45) is 6.97. The van der Waals surface area contributed by atoms with Gasteiger partial charge in [-0.3, -0.25) is 0 Å². The maximum atomic E-state index is 4.75. The van der Waals surface area contributed by atoms with Crippen LogP contribution in [0.1, 0.15) is 38.2 Å². The predicted octanol–water partition coefficient (Wildman–Crippen LogP) is 2.40. The first kappa shape index (κ1) is 14.3. The van der Waals surface area contributed by atoms with Gasteiger partial charge in [0, 0.05) is 25.3 Å². The van der Waals surface area contributed by atoms with E-state index in [1.165, 1.54) is 24.8 Å². The van der Waals surface area contributed by atoms with E-state index in [-0.39, 0.29) is 0 Å². The molecule has 5 heteroatoms. The number of piperidine rings is 1. The van der Waals surface area contributed by atoms with E-state index < -0.39 is 0 Å². The van der Waals surface area contributed by atoms with Gasteiger partial charge in [-0.05, 0) is 44.4 Å². The van der Waals surface area contributed by atoms with Gasteiger partial charge in [-0.1, -0.05) is 19.4 Å². The van der Waals surface area contributed by atoms with E-state index in [0.717, 1.165) is 37.7 Å². The fraction of sp³-hybridized carbons (Fsp3) is 0.625. The Morgan fingerprint density at radius 2 is 2.33 bits per heavy atom. The molecule has 3 rings (SSSR count). The van der Waals surface area contributed by atoms with Crippen molar-refractivity contribution in [2.45, 2.75) is 45.6 Å². The van der Waals surface area contributed by atoms with Crippen LogP contribution in [0.25, 0.3) is 5.65 Å². The number of aromatic nitrogens is 3. The second-order valence-electron chi connectivity index (χ2n) is 5.96. The van der Waals surface area contributed by atoms with Crippen LogP contribution in [-0.2, 0) is 0 Å². The maximum absolute atomic E-state index is 4.75. The molecule has 3 heterocycles. The Kier molecular flexibility index (Phi) is 4.39. The SMILES string of the molecule is CCCN(CC1CCCCN1)c1nc2c(C)cccn2n1. The third-order valence-electron chi connectivity index (χ3n) is 4.18. The van der Waals surface area contributed by atoms with Gasteiger partial charge in [0.05, 0.1) is 0 Å². The summed E-state index contributed by atoms with van der Waals surface area (Å²) in [6.45, 7) is 7.45. The Morgan fingerprint density at radius 1 is 1.43 bits per heavy atom. The number of aryl methyl sites for hydroxylation is 1. The van der Waals surface area contributed by atoms with E-state index >= 15 is 0 Å². The van der Waals surface area contributed by atoms with Crippen molar-refractivity contribution in [1.82, 2.24) is 19.9 Å². The molecule has 0 bridgehead atoms. The number of pyridine rings is 1. The van der Waals surface area contributed by atoms with Crippen LogP contribution in [0.15, 0.2) is 18.3 Å². The van der Waals surface area contributed by atoms with Gasteiger partial charge in [-0.2, -0.15) is 4.98 Å².